The van der Waals surface area contributed by atoms with Crippen molar-refractivity contribution in [2.24, 2.45) is 5.10 Å². The molecule has 0 aliphatic heterocycles. The van der Waals surface area contributed by atoms with E-state index in [1.165, 1.54) is 5.56 Å². The van der Waals surface area contributed by atoms with Gasteiger partial charge in [0.25, 0.3) is 0 Å². The van der Waals surface area contributed by atoms with E-state index in [1.807, 2.05) is 42.5 Å². The van der Waals surface area contributed by atoms with Gasteiger partial charge in [-0.15, -0.1) is 0 Å². The van der Waals surface area contributed by atoms with Crippen molar-refractivity contribution in [2.45, 2.75) is 12.8 Å². The molecular weight excluding hydrogens is 280 g/mol. The monoisotopic (exact) mass is 300 g/mol. The fourth-order valence-corrected chi connectivity index (χ4v) is 2.45. The standard InChI is InChI=1S/C21H20N2/c1-4-10-18(11-5-1)16-17-21(19-12-6-2-7-13-19)23-22-20-14-8-3-9-15-20/h1-15,22H,16-17H2. The molecule has 23 heavy (non-hydrogen) atoms. The van der Waals surface area contributed by atoms with E-state index < -0.39 is 0 Å². The van der Waals surface area contributed by atoms with Crippen LogP contribution in [0.2, 0.25) is 0 Å². The van der Waals surface area contributed by atoms with Crippen molar-refractivity contribution in [1.82, 2.24) is 0 Å². The lowest BCUT2D eigenvalue weighted by Gasteiger charge is -2.08. The number of para-hydroxylation sites is 1. The van der Waals surface area contributed by atoms with Gasteiger partial charge in [-0.25, -0.2) is 0 Å². The summed E-state index contributed by atoms with van der Waals surface area (Å²) in [5.74, 6) is 0. The van der Waals surface area contributed by atoms with Crippen molar-refractivity contribution in [3.63, 3.8) is 0 Å². The zero-order valence-electron chi connectivity index (χ0n) is 13.0. The van der Waals surface area contributed by atoms with Crippen LogP contribution < -0.4 is 5.43 Å². The maximum atomic E-state index is 4.65. The Bertz CT molecular complexity index is 735. The van der Waals surface area contributed by atoms with Crippen molar-refractivity contribution in [2.75, 3.05) is 5.43 Å². The highest BCUT2D eigenvalue weighted by molar-refractivity contribution is 6.01. The van der Waals surface area contributed by atoms with E-state index in [1.54, 1.807) is 0 Å². The molecule has 0 saturated carbocycles. The van der Waals surface area contributed by atoms with Crippen LogP contribution in [-0.2, 0) is 6.42 Å². The zero-order valence-corrected chi connectivity index (χ0v) is 13.0. The summed E-state index contributed by atoms with van der Waals surface area (Å²) >= 11 is 0. The second-order valence-electron chi connectivity index (χ2n) is 5.39. The van der Waals surface area contributed by atoms with E-state index in [-0.39, 0.29) is 0 Å². The number of rotatable bonds is 6. The van der Waals surface area contributed by atoms with E-state index in [0.29, 0.717) is 0 Å². The number of hydrogen-bond donors (Lipinski definition) is 1. The van der Waals surface area contributed by atoms with Gasteiger partial charge in [-0.3, -0.25) is 5.43 Å². The van der Waals surface area contributed by atoms with E-state index in [9.17, 15) is 0 Å². The van der Waals surface area contributed by atoms with Gasteiger partial charge in [0.2, 0.25) is 0 Å². The number of hydrogen-bond acceptors (Lipinski definition) is 2. The second-order valence-corrected chi connectivity index (χ2v) is 5.39. The normalized spacial score (nSPS) is 11.2. The van der Waals surface area contributed by atoms with Gasteiger partial charge in [-0.05, 0) is 36.1 Å². The molecule has 2 heteroatoms. The van der Waals surface area contributed by atoms with Crippen LogP contribution in [0.3, 0.4) is 0 Å². The van der Waals surface area contributed by atoms with Crippen LogP contribution in [0, 0.1) is 0 Å². The number of nitrogens with one attached hydrogen (secondary N) is 1. The third-order valence-corrected chi connectivity index (χ3v) is 3.69. The Kier molecular flexibility index (Phi) is 5.20. The molecule has 0 aromatic heterocycles. The quantitative estimate of drug-likeness (QED) is 0.495. The summed E-state index contributed by atoms with van der Waals surface area (Å²) in [4.78, 5) is 0. The smallest absolute Gasteiger partial charge is 0.0682 e. The Balaban J connectivity index is 1.76. The van der Waals surface area contributed by atoms with Gasteiger partial charge in [0.15, 0.2) is 0 Å². The van der Waals surface area contributed by atoms with E-state index >= 15 is 0 Å². The van der Waals surface area contributed by atoms with Crippen molar-refractivity contribution in [3.05, 3.63) is 102 Å². The van der Waals surface area contributed by atoms with Gasteiger partial charge in [-0.1, -0.05) is 78.9 Å². The highest BCUT2D eigenvalue weighted by atomic mass is 15.3. The maximum absolute atomic E-state index is 4.65. The summed E-state index contributed by atoms with van der Waals surface area (Å²) in [6, 6.07) is 30.9. The zero-order chi connectivity index (χ0) is 15.7. The summed E-state index contributed by atoms with van der Waals surface area (Å²) < 4.78 is 0. The maximum Gasteiger partial charge on any atom is 0.0682 e. The molecule has 0 unspecified atom stereocenters. The van der Waals surface area contributed by atoms with Crippen molar-refractivity contribution >= 4 is 11.4 Å². The fraction of sp³-hybridized carbons (Fsp3) is 0.0952. The van der Waals surface area contributed by atoms with E-state index in [2.05, 4.69) is 59.1 Å². The molecule has 0 fully saturated rings. The number of hydrazone groups is 1. The second kappa shape index (κ2) is 7.95. The van der Waals surface area contributed by atoms with Gasteiger partial charge in [0.1, 0.15) is 0 Å². The van der Waals surface area contributed by atoms with Crippen molar-refractivity contribution < 1.29 is 0 Å². The molecule has 3 aromatic carbocycles. The van der Waals surface area contributed by atoms with Crippen LogP contribution >= 0.6 is 0 Å². The highest BCUT2D eigenvalue weighted by Gasteiger charge is 2.04. The lowest BCUT2D eigenvalue weighted by Crippen LogP contribution is -2.06. The first-order chi connectivity index (χ1) is 11.4. The Morgan fingerprint density at radius 1 is 0.696 bits per heavy atom. The molecule has 1 N–H and O–H groups in total. The molecule has 2 nitrogen and oxygen atoms in total. The third kappa shape index (κ3) is 4.55. The molecule has 0 heterocycles. The molecule has 0 aliphatic carbocycles. The number of anilines is 1. The molecule has 0 saturated heterocycles. The average molecular weight is 300 g/mol. The first kappa shape index (κ1) is 15.0. The van der Waals surface area contributed by atoms with Crippen LogP contribution in [0.4, 0.5) is 5.69 Å². The third-order valence-electron chi connectivity index (χ3n) is 3.69. The van der Waals surface area contributed by atoms with E-state index in [4.69, 9.17) is 0 Å². The first-order valence-corrected chi connectivity index (χ1v) is 7.89. The predicted molar refractivity (Wildman–Crippen MR) is 97.8 cm³/mol. The Hall–Kier alpha value is -2.87. The molecular formula is C21H20N2. The molecule has 3 aromatic rings. The Labute approximate surface area is 137 Å². The van der Waals surface area contributed by atoms with Crippen LogP contribution in [0.15, 0.2) is 96.1 Å². The summed E-state index contributed by atoms with van der Waals surface area (Å²) in [7, 11) is 0. The number of benzene rings is 3. The first-order valence-electron chi connectivity index (χ1n) is 7.89. The minimum Gasteiger partial charge on any atom is -0.278 e. The minimum atomic E-state index is 0.897. The summed E-state index contributed by atoms with van der Waals surface area (Å²) in [5.41, 5.74) is 7.72. The van der Waals surface area contributed by atoms with Gasteiger partial charge in [-0.2, -0.15) is 5.10 Å². The fourth-order valence-electron chi connectivity index (χ4n) is 2.45. The van der Waals surface area contributed by atoms with Gasteiger partial charge in [0.05, 0.1) is 11.4 Å². The summed E-state index contributed by atoms with van der Waals surface area (Å²) in [6.07, 6.45) is 1.87. The molecule has 0 amide bonds. The Morgan fingerprint density at radius 2 is 1.26 bits per heavy atom. The van der Waals surface area contributed by atoms with Crippen LogP contribution in [0.1, 0.15) is 17.5 Å². The largest absolute Gasteiger partial charge is 0.278 e. The van der Waals surface area contributed by atoms with Crippen molar-refractivity contribution in [3.8, 4) is 0 Å². The lowest BCUT2D eigenvalue weighted by molar-refractivity contribution is 1.03. The average Bonchev–Trinajstić information content (AvgIpc) is 2.64. The van der Waals surface area contributed by atoms with Crippen LogP contribution in [0.5, 0.6) is 0 Å². The number of nitrogens with zero attached hydrogens (tertiary/aromatic N) is 1. The van der Waals surface area contributed by atoms with Crippen LogP contribution in [0.25, 0.3) is 0 Å². The Morgan fingerprint density at radius 3 is 1.91 bits per heavy atom. The van der Waals surface area contributed by atoms with Crippen molar-refractivity contribution in [1.29, 1.82) is 0 Å². The molecule has 0 radical (unpaired) electrons. The van der Waals surface area contributed by atoms with E-state index in [0.717, 1.165) is 29.8 Å². The van der Waals surface area contributed by atoms with Gasteiger partial charge < -0.3 is 0 Å². The van der Waals surface area contributed by atoms with Crippen LogP contribution in [-0.4, -0.2) is 5.71 Å². The molecule has 114 valence electrons. The molecule has 0 atom stereocenters. The van der Waals surface area contributed by atoms with Gasteiger partial charge >= 0.3 is 0 Å². The summed E-state index contributed by atoms with van der Waals surface area (Å²) in [5, 5.41) is 4.65. The predicted octanol–water partition coefficient (Wildman–Crippen LogP) is 5.14. The molecule has 3 rings (SSSR count). The molecule has 0 bridgehead atoms. The minimum absolute atomic E-state index is 0.897. The molecule has 0 spiro atoms. The lowest BCUT2D eigenvalue weighted by atomic mass is 10.0. The topological polar surface area (TPSA) is 24.4 Å². The van der Waals surface area contributed by atoms with Gasteiger partial charge in [0, 0.05) is 0 Å². The molecule has 0 aliphatic rings. The SMILES string of the molecule is c1ccc(CCC(=NNc2ccccc2)c2ccccc2)cc1. The highest BCUT2D eigenvalue weighted by Crippen LogP contribution is 2.11. The number of aryl methyl sites for hydroxylation is 1. The summed E-state index contributed by atoms with van der Waals surface area (Å²) in [6.45, 7) is 0.